The molecule has 0 radical (unpaired) electrons. The molecule has 0 aromatic carbocycles. The maximum Gasteiger partial charge on any atom is 0.142 e. The SMILES string of the molecule is Cc1nc(N)c(Cl)c(C)c1I. The number of nitrogens with zero attached hydrogens (tertiary/aromatic N) is 1. The van der Waals surface area contributed by atoms with Gasteiger partial charge in [-0.1, -0.05) is 11.6 Å². The van der Waals surface area contributed by atoms with Gasteiger partial charge in [0.1, 0.15) is 5.82 Å². The molecule has 0 unspecified atom stereocenters. The van der Waals surface area contributed by atoms with Crippen LogP contribution in [0.3, 0.4) is 0 Å². The average Bonchev–Trinajstić information content (AvgIpc) is 1.97. The zero-order valence-electron chi connectivity index (χ0n) is 6.28. The van der Waals surface area contributed by atoms with E-state index in [1.165, 1.54) is 0 Å². The van der Waals surface area contributed by atoms with Crippen LogP contribution in [0.15, 0.2) is 0 Å². The summed E-state index contributed by atoms with van der Waals surface area (Å²) in [5.74, 6) is 0.419. The normalized spacial score (nSPS) is 10.2. The standard InChI is InChI=1S/C7H8ClIN2/c1-3-5(8)7(10)11-4(2)6(3)9/h1-2H3,(H2,10,11). The molecule has 11 heavy (non-hydrogen) atoms. The van der Waals surface area contributed by atoms with Crippen LogP contribution >= 0.6 is 34.2 Å². The molecule has 1 aromatic rings. The summed E-state index contributed by atoms with van der Waals surface area (Å²) in [5.41, 5.74) is 7.49. The highest BCUT2D eigenvalue weighted by Crippen LogP contribution is 2.26. The number of aryl methyl sites for hydroxylation is 1. The predicted octanol–water partition coefficient (Wildman–Crippen LogP) is 2.54. The van der Waals surface area contributed by atoms with E-state index in [-0.39, 0.29) is 0 Å². The smallest absolute Gasteiger partial charge is 0.142 e. The first-order valence-corrected chi connectivity index (χ1v) is 4.57. The van der Waals surface area contributed by atoms with Crippen LogP contribution in [0.4, 0.5) is 5.82 Å². The molecule has 0 aliphatic carbocycles. The van der Waals surface area contributed by atoms with Crippen LogP contribution in [-0.4, -0.2) is 4.98 Å². The molecule has 0 spiro atoms. The Kier molecular flexibility index (Phi) is 2.59. The van der Waals surface area contributed by atoms with Gasteiger partial charge in [-0.05, 0) is 42.0 Å². The average molecular weight is 283 g/mol. The van der Waals surface area contributed by atoms with Crippen molar-refractivity contribution in [3.05, 3.63) is 19.9 Å². The Balaban J connectivity index is 3.46. The van der Waals surface area contributed by atoms with Crippen molar-refractivity contribution in [1.29, 1.82) is 0 Å². The van der Waals surface area contributed by atoms with Crippen LogP contribution in [0.1, 0.15) is 11.3 Å². The van der Waals surface area contributed by atoms with E-state index in [4.69, 9.17) is 17.3 Å². The number of rotatable bonds is 0. The van der Waals surface area contributed by atoms with Gasteiger partial charge in [0.05, 0.1) is 10.7 Å². The molecule has 0 atom stereocenters. The van der Waals surface area contributed by atoms with E-state index < -0.39 is 0 Å². The number of nitrogens with two attached hydrogens (primary N) is 1. The number of halogens is 2. The predicted molar refractivity (Wildman–Crippen MR) is 55.9 cm³/mol. The third-order valence-electron chi connectivity index (χ3n) is 1.49. The summed E-state index contributed by atoms with van der Waals surface area (Å²) in [7, 11) is 0. The van der Waals surface area contributed by atoms with Crippen molar-refractivity contribution < 1.29 is 0 Å². The van der Waals surface area contributed by atoms with Crippen LogP contribution in [0.2, 0.25) is 5.02 Å². The van der Waals surface area contributed by atoms with Crippen molar-refractivity contribution in [3.63, 3.8) is 0 Å². The highest BCUT2D eigenvalue weighted by Gasteiger charge is 2.07. The second-order valence-corrected chi connectivity index (χ2v) is 3.79. The number of aromatic nitrogens is 1. The molecule has 2 N–H and O–H groups in total. The first kappa shape index (κ1) is 9.06. The monoisotopic (exact) mass is 282 g/mol. The second kappa shape index (κ2) is 3.15. The van der Waals surface area contributed by atoms with Crippen LogP contribution < -0.4 is 5.73 Å². The zero-order valence-corrected chi connectivity index (χ0v) is 9.19. The number of pyridine rings is 1. The van der Waals surface area contributed by atoms with Gasteiger partial charge in [-0.2, -0.15) is 0 Å². The van der Waals surface area contributed by atoms with Crippen molar-refractivity contribution in [1.82, 2.24) is 4.98 Å². The molecule has 4 heteroatoms. The van der Waals surface area contributed by atoms with Crippen molar-refractivity contribution in [2.45, 2.75) is 13.8 Å². The highest BCUT2D eigenvalue weighted by atomic mass is 127. The Labute approximate surface area is 84.3 Å². The van der Waals surface area contributed by atoms with Crippen LogP contribution in [-0.2, 0) is 0 Å². The summed E-state index contributed by atoms with van der Waals surface area (Å²) >= 11 is 8.07. The van der Waals surface area contributed by atoms with Gasteiger partial charge < -0.3 is 5.73 Å². The molecular formula is C7H8ClIN2. The van der Waals surface area contributed by atoms with Gasteiger partial charge in [0.2, 0.25) is 0 Å². The highest BCUT2D eigenvalue weighted by molar-refractivity contribution is 14.1. The molecule has 0 saturated carbocycles. The molecule has 1 heterocycles. The third kappa shape index (κ3) is 1.59. The minimum absolute atomic E-state index is 0.419. The minimum atomic E-state index is 0.419. The molecule has 60 valence electrons. The molecular weight excluding hydrogens is 274 g/mol. The van der Waals surface area contributed by atoms with Gasteiger partial charge in [0.15, 0.2) is 0 Å². The van der Waals surface area contributed by atoms with Crippen LogP contribution in [0, 0.1) is 17.4 Å². The van der Waals surface area contributed by atoms with E-state index in [1.807, 2.05) is 13.8 Å². The lowest BCUT2D eigenvalue weighted by molar-refractivity contribution is 1.16. The van der Waals surface area contributed by atoms with Gasteiger partial charge in [0, 0.05) is 3.57 Å². The molecule has 2 nitrogen and oxygen atoms in total. The molecule has 1 rings (SSSR count). The molecule has 0 aliphatic rings. The van der Waals surface area contributed by atoms with E-state index >= 15 is 0 Å². The van der Waals surface area contributed by atoms with E-state index in [0.717, 1.165) is 14.8 Å². The fraction of sp³-hybridized carbons (Fsp3) is 0.286. The number of nitrogen functional groups attached to an aromatic ring is 1. The Bertz CT molecular complexity index is 273. The van der Waals surface area contributed by atoms with Crippen LogP contribution in [0.25, 0.3) is 0 Å². The van der Waals surface area contributed by atoms with Gasteiger partial charge in [-0.3, -0.25) is 0 Å². The van der Waals surface area contributed by atoms with Gasteiger partial charge in [-0.25, -0.2) is 4.98 Å². The Hall–Kier alpha value is -0.0300. The maximum absolute atomic E-state index is 5.86. The Morgan fingerprint density at radius 1 is 1.45 bits per heavy atom. The summed E-state index contributed by atoms with van der Waals surface area (Å²) in [5, 5.41) is 0.569. The lowest BCUT2D eigenvalue weighted by Crippen LogP contribution is -1.99. The van der Waals surface area contributed by atoms with Crippen molar-refractivity contribution >= 4 is 40.0 Å². The number of anilines is 1. The molecule has 1 aromatic heterocycles. The van der Waals surface area contributed by atoms with Crippen molar-refractivity contribution in [3.8, 4) is 0 Å². The molecule has 0 bridgehead atoms. The molecule has 0 amide bonds. The summed E-state index contributed by atoms with van der Waals surface area (Å²) in [6, 6.07) is 0. The second-order valence-electron chi connectivity index (χ2n) is 2.34. The maximum atomic E-state index is 5.86. The van der Waals surface area contributed by atoms with Gasteiger partial charge in [-0.15, -0.1) is 0 Å². The first-order chi connectivity index (χ1) is 5.04. The largest absolute Gasteiger partial charge is 0.382 e. The van der Waals surface area contributed by atoms with Crippen molar-refractivity contribution in [2.75, 3.05) is 5.73 Å². The summed E-state index contributed by atoms with van der Waals surface area (Å²) in [6.45, 7) is 3.86. The van der Waals surface area contributed by atoms with Crippen LogP contribution in [0.5, 0.6) is 0 Å². The number of hydrogen-bond donors (Lipinski definition) is 1. The van der Waals surface area contributed by atoms with E-state index in [1.54, 1.807) is 0 Å². The summed E-state index contributed by atoms with van der Waals surface area (Å²) in [6.07, 6.45) is 0. The lowest BCUT2D eigenvalue weighted by atomic mass is 10.2. The van der Waals surface area contributed by atoms with E-state index in [2.05, 4.69) is 27.6 Å². The fourth-order valence-corrected chi connectivity index (χ4v) is 1.53. The Morgan fingerprint density at radius 3 is 2.55 bits per heavy atom. The minimum Gasteiger partial charge on any atom is -0.382 e. The molecule has 0 fully saturated rings. The topological polar surface area (TPSA) is 38.9 Å². The van der Waals surface area contributed by atoms with Gasteiger partial charge >= 0.3 is 0 Å². The fourth-order valence-electron chi connectivity index (χ4n) is 0.839. The summed E-state index contributed by atoms with van der Waals surface area (Å²) in [4.78, 5) is 4.07. The number of hydrogen-bond acceptors (Lipinski definition) is 2. The first-order valence-electron chi connectivity index (χ1n) is 3.11. The lowest BCUT2D eigenvalue weighted by Gasteiger charge is -2.06. The third-order valence-corrected chi connectivity index (χ3v) is 3.56. The van der Waals surface area contributed by atoms with Crippen molar-refractivity contribution in [2.24, 2.45) is 0 Å². The zero-order chi connectivity index (χ0) is 8.59. The molecule has 0 saturated heterocycles. The quantitative estimate of drug-likeness (QED) is 0.743. The van der Waals surface area contributed by atoms with Gasteiger partial charge in [0.25, 0.3) is 0 Å². The van der Waals surface area contributed by atoms with E-state index in [9.17, 15) is 0 Å². The van der Waals surface area contributed by atoms with E-state index in [0.29, 0.717) is 10.8 Å². The summed E-state index contributed by atoms with van der Waals surface area (Å²) < 4.78 is 1.09. The molecule has 0 aliphatic heterocycles. The Morgan fingerprint density at radius 2 is 2.00 bits per heavy atom.